The minimum absolute atomic E-state index is 0.518. The number of hydrogen-bond donors (Lipinski definition) is 0. The fourth-order valence-corrected chi connectivity index (χ4v) is 5.56. The first-order chi connectivity index (χ1) is 13.3. The van der Waals surface area contributed by atoms with Gasteiger partial charge in [-0.1, -0.05) is 19.1 Å². The van der Waals surface area contributed by atoms with Crippen LogP contribution in [0.4, 0.5) is 5.82 Å². The maximum Gasteiger partial charge on any atom is 0.132 e. The Morgan fingerprint density at radius 1 is 1.07 bits per heavy atom. The number of methoxy groups -OCH3 is 1. The zero-order valence-electron chi connectivity index (χ0n) is 16.2. The molecule has 0 saturated carbocycles. The van der Waals surface area contributed by atoms with Crippen LogP contribution in [-0.2, 0) is 6.42 Å². The lowest BCUT2D eigenvalue weighted by Crippen LogP contribution is -2.60. The Balaban J connectivity index is 1.53. The van der Waals surface area contributed by atoms with Gasteiger partial charge in [0.05, 0.1) is 7.11 Å². The van der Waals surface area contributed by atoms with Gasteiger partial charge in [-0.3, -0.25) is 4.90 Å². The van der Waals surface area contributed by atoms with Crippen molar-refractivity contribution in [3.63, 3.8) is 0 Å². The molecule has 4 aliphatic heterocycles. The maximum absolute atomic E-state index is 5.37. The molecule has 0 unspecified atom stereocenters. The molecule has 142 valence electrons. The molecule has 3 atom stereocenters. The van der Waals surface area contributed by atoms with Crippen LogP contribution < -0.4 is 9.64 Å². The smallest absolute Gasteiger partial charge is 0.132 e. The van der Waals surface area contributed by atoms with Crippen LogP contribution >= 0.6 is 0 Å². The number of benzene rings is 1. The van der Waals surface area contributed by atoms with Crippen molar-refractivity contribution in [1.82, 2.24) is 14.9 Å². The highest BCUT2D eigenvalue weighted by Crippen LogP contribution is 2.47. The van der Waals surface area contributed by atoms with Crippen LogP contribution in [0.3, 0.4) is 0 Å². The molecule has 0 spiro atoms. The van der Waals surface area contributed by atoms with Gasteiger partial charge in [0.15, 0.2) is 0 Å². The fraction of sp³-hybridized carbons (Fsp3) is 0.545. The first-order valence-corrected chi connectivity index (χ1v) is 10.2. The second-order valence-corrected chi connectivity index (χ2v) is 8.11. The lowest BCUT2D eigenvalue weighted by atomic mass is 9.75. The molecule has 0 N–H and O–H groups in total. The number of aromatic nitrogens is 2. The molecule has 2 bridgehead atoms. The molecule has 0 radical (unpaired) electrons. The Morgan fingerprint density at radius 2 is 1.85 bits per heavy atom. The van der Waals surface area contributed by atoms with E-state index in [9.17, 15) is 0 Å². The topological polar surface area (TPSA) is 41.5 Å². The Hall–Kier alpha value is -2.14. The molecule has 4 aliphatic rings. The van der Waals surface area contributed by atoms with Gasteiger partial charge in [0, 0.05) is 36.3 Å². The van der Waals surface area contributed by atoms with Crippen molar-refractivity contribution in [2.24, 2.45) is 5.92 Å². The number of anilines is 1. The fourth-order valence-electron chi connectivity index (χ4n) is 5.56. The molecular formula is C22H28N4O. The second-order valence-electron chi connectivity index (χ2n) is 8.11. The SMILES string of the molecule is CCc1cc(N2C[C@H](c3ccc(OC)cc3)[C@H]3[C@@H]2C2CCN3CC2)ncn1. The van der Waals surface area contributed by atoms with Crippen molar-refractivity contribution in [3.8, 4) is 5.75 Å². The van der Waals surface area contributed by atoms with E-state index in [-0.39, 0.29) is 0 Å². The summed E-state index contributed by atoms with van der Waals surface area (Å²) in [6.07, 6.45) is 5.33. The summed E-state index contributed by atoms with van der Waals surface area (Å²) < 4.78 is 5.37. The van der Waals surface area contributed by atoms with Crippen LogP contribution in [0.2, 0.25) is 0 Å². The summed E-state index contributed by atoms with van der Waals surface area (Å²) in [4.78, 5) is 14.4. The molecule has 4 fully saturated rings. The summed E-state index contributed by atoms with van der Waals surface area (Å²) in [5.74, 6) is 3.34. The minimum Gasteiger partial charge on any atom is -0.497 e. The van der Waals surface area contributed by atoms with Crippen LogP contribution in [0, 0.1) is 5.92 Å². The highest BCUT2D eigenvalue weighted by Gasteiger charge is 2.53. The first kappa shape index (κ1) is 17.0. The van der Waals surface area contributed by atoms with Gasteiger partial charge in [0.1, 0.15) is 17.9 Å². The third-order valence-electron chi connectivity index (χ3n) is 6.90. The molecule has 5 heterocycles. The van der Waals surface area contributed by atoms with Crippen LogP contribution in [0.5, 0.6) is 5.75 Å². The van der Waals surface area contributed by atoms with Gasteiger partial charge in [-0.2, -0.15) is 0 Å². The van der Waals surface area contributed by atoms with Crippen LogP contribution in [0.25, 0.3) is 0 Å². The number of aryl methyl sites for hydroxylation is 1. The quantitative estimate of drug-likeness (QED) is 0.834. The molecule has 1 aromatic heterocycles. The molecule has 0 amide bonds. The summed E-state index contributed by atoms with van der Waals surface area (Å²) in [6.45, 7) is 5.69. The van der Waals surface area contributed by atoms with Crippen molar-refractivity contribution < 1.29 is 4.74 Å². The monoisotopic (exact) mass is 364 g/mol. The predicted molar refractivity (Wildman–Crippen MR) is 106 cm³/mol. The van der Waals surface area contributed by atoms with Gasteiger partial charge in [0.2, 0.25) is 0 Å². The van der Waals surface area contributed by atoms with Gasteiger partial charge >= 0.3 is 0 Å². The van der Waals surface area contributed by atoms with Crippen LogP contribution in [0.15, 0.2) is 36.7 Å². The predicted octanol–water partition coefficient (Wildman–Crippen LogP) is 3.11. The zero-order chi connectivity index (χ0) is 18.4. The second kappa shape index (κ2) is 6.79. The number of nitrogens with zero attached hydrogens (tertiary/aromatic N) is 4. The molecule has 6 rings (SSSR count). The first-order valence-electron chi connectivity index (χ1n) is 10.2. The average Bonchev–Trinajstić information content (AvgIpc) is 3.18. The molecule has 2 aromatic rings. The summed E-state index contributed by atoms with van der Waals surface area (Å²) in [5.41, 5.74) is 2.55. The summed E-state index contributed by atoms with van der Waals surface area (Å²) >= 11 is 0. The third-order valence-corrected chi connectivity index (χ3v) is 6.90. The number of piperidine rings is 3. The number of rotatable bonds is 4. The van der Waals surface area contributed by atoms with Crippen molar-refractivity contribution >= 4 is 5.82 Å². The highest BCUT2D eigenvalue weighted by atomic mass is 16.5. The van der Waals surface area contributed by atoms with E-state index in [0.717, 1.165) is 36.1 Å². The van der Waals surface area contributed by atoms with E-state index in [1.807, 2.05) is 0 Å². The van der Waals surface area contributed by atoms with Crippen molar-refractivity contribution in [1.29, 1.82) is 0 Å². The molecule has 5 nitrogen and oxygen atoms in total. The normalized spacial score (nSPS) is 31.8. The van der Waals surface area contributed by atoms with Gasteiger partial charge < -0.3 is 9.64 Å². The number of fused-ring (bicyclic) bond motifs is 2. The Kier molecular flexibility index (Phi) is 4.27. The Labute approximate surface area is 161 Å². The molecule has 27 heavy (non-hydrogen) atoms. The molecule has 1 aromatic carbocycles. The third kappa shape index (κ3) is 2.80. The highest BCUT2D eigenvalue weighted by molar-refractivity contribution is 5.47. The van der Waals surface area contributed by atoms with Crippen LogP contribution in [-0.4, -0.2) is 53.7 Å². The van der Waals surface area contributed by atoms with Gasteiger partial charge in [-0.05, 0) is 56.0 Å². The lowest BCUT2D eigenvalue weighted by molar-refractivity contribution is 0.0354. The minimum atomic E-state index is 0.518. The molecule has 0 aliphatic carbocycles. The van der Waals surface area contributed by atoms with E-state index < -0.39 is 0 Å². The van der Waals surface area contributed by atoms with Crippen molar-refractivity contribution in [2.75, 3.05) is 31.6 Å². The van der Waals surface area contributed by atoms with Gasteiger partial charge in [0.25, 0.3) is 0 Å². The van der Waals surface area contributed by atoms with Crippen LogP contribution in [0.1, 0.15) is 36.9 Å². The van der Waals surface area contributed by atoms with Gasteiger partial charge in [-0.25, -0.2) is 9.97 Å². The number of ether oxygens (including phenoxy) is 1. The average molecular weight is 364 g/mol. The van der Waals surface area contributed by atoms with E-state index in [1.54, 1.807) is 13.4 Å². The van der Waals surface area contributed by atoms with Gasteiger partial charge in [-0.15, -0.1) is 0 Å². The van der Waals surface area contributed by atoms with Crippen molar-refractivity contribution in [2.45, 2.75) is 44.2 Å². The summed E-state index contributed by atoms with van der Waals surface area (Å²) in [7, 11) is 1.73. The van der Waals surface area contributed by atoms with E-state index in [4.69, 9.17) is 4.74 Å². The maximum atomic E-state index is 5.37. The van der Waals surface area contributed by atoms with E-state index in [2.05, 4.69) is 57.0 Å². The summed E-state index contributed by atoms with van der Waals surface area (Å²) in [5, 5.41) is 0. The van der Waals surface area contributed by atoms with Crippen molar-refractivity contribution in [3.05, 3.63) is 47.9 Å². The Bertz CT molecular complexity index is 800. The van der Waals surface area contributed by atoms with E-state index in [0.29, 0.717) is 18.0 Å². The molecule has 4 saturated heterocycles. The van der Waals surface area contributed by atoms with E-state index >= 15 is 0 Å². The lowest BCUT2D eigenvalue weighted by Gasteiger charge is -2.51. The zero-order valence-corrected chi connectivity index (χ0v) is 16.2. The largest absolute Gasteiger partial charge is 0.497 e. The standard InChI is InChI=1S/C22H28N4O/c1-3-17-12-20(24-14-23-17)26-13-19(15-4-6-18(27-2)7-5-15)22-21(26)16-8-10-25(22)11-9-16/h4-7,12,14,16,19,21-22H,3,8-11,13H2,1-2H3/t19-,21+,22+/m1/s1. The summed E-state index contributed by atoms with van der Waals surface area (Å²) in [6, 6.07) is 12.1. The number of hydrogen-bond acceptors (Lipinski definition) is 5. The molecule has 5 heteroatoms. The molecular weight excluding hydrogens is 336 g/mol. The Morgan fingerprint density at radius 3 is 2.56 bits per heavy atom. The van der Waals surface area contributed by atoms with E-state index in [1.165, 1.54) is 31.5 Å².